The zero-order valence-electron chi connectivity index (χ0n) is 22.3. The molecule has 1 amide bonds. The van der Waals surface area contributed by atoms with Gasteiger partial charge in [-0.15, -0.1) is 0 Å². The van der Waals surface area contributed by atoms with Gasteiger partial charge in [0.1, 0.15) is 11.3 Å². The molecule has 0 radical (unpaired) electrons. The van der Waals surface area contributed by atoms with Crippen molar-refractivity contribution in [2.24, 2.45) is 0 Å². The number of carbonyl (C=O) groups is 1. The van der Waals surface area contributed by atoms with Crippen molar-refractivity contribution in [2.45, 2.75) is 62.9 Å². The van der Waals surface area contributed by atoms with Gasteiger partial charge in [0.15, 0.2) is 0 Å². The quantitative estimate of drug-likeness (QED) is 0.338. The number of pyridine rings is 1. The highest BCUT2D eigenvalue weighted by Crippen LogP contribution is 2.35. The lowest BCUT2D eigenvalue weighted by molar-refractivity contribution is -0.140. The predicted octanol–water partition coefficient (Wildman–Crippen LogP) is 6.41. The fraction of sp³-hybridized carbons (Fsp3) is 0.407. The van der Waals surface area contributed by atoms with E-state index in [0.29, 0.717) is 10.4 Å². The first-order valence-corrected chi connectivity index (χ1v) is 14.2. The number of fused-ring (bicyclic) bond motifs is 1. The molecule has 1 fully saturated rings. The van der Waals surface area contributed by atoms with Crippen LogP contribution in [0.5, 0.6) is 0 Å². The molecule has 8 nitrogen and oxygen atoms in total. The van der Waals surface area contributed by atoms with Crippen molar-refractivity contribution in [3.05, 3.63) is 64.8 Å². The summed E-state index contributed by atoms with van der Waals surface area (Å²) >= 11 is 6.12. The van der Waals surface area contributed by atoms with Crippen LogP contribution in [0.1, 0.15) is 38.4 Å². The maximum Gasteiger partial charge on any atom is 0.433 e. The van der Waals surface area contributed by atoms with E-state index >= 15 is 0 Å². The Balaban J connectivity index is 1.68. The minimum absolute atomic E-state index is 0.0189. The highest BCUT2D eigenvalue weighted by atomic mass is 35.5. The van der Waals surface area contributed by atoms with Crippen molar-refractivity contribution in [3.8, 4) is 0 Å². The van der Waals surface area contributed by atoms with Gasteiger partial charge in [0.25, 0.3) is 10.1 Å². The van der Waals surface area contributed by atoms with Crippen LogP contribution in [0, 0.1) is 6.92 Å². The van der Waals surface area contributed by atoms with Crippen LogP contribution in [0.15, 0.2) is 53.4 Å². The second-order valence-electron chi connectivity index (χ2n) is 10.7. The minimum Gasteiger partial charge on any atom is -0.444 e. The normalized spacial score (nSPS) is 18.6. The summed E-state index contributed by atoms with van der Waals surface area (Å²) < 4.78 is 78.0. The van der Waals surface area contributed by atoms with Gasteiger partial charge in [0.05, 0.1) is 23.1 Å². The number of benzene rings is 2. The van der Waals surface area contributed by atoms with E-state index in [0.717, 1.165) is 11.6 Å². The van der Waals surface area contributed by atoms with Crippen LogP contribution in [-0.2, 0) is 25.2 Å². The van der Waals surface area contributed by atoms with E-state index in [1.54, 1.807) is 32.9 Å². The average Bonchev–Trinajstić information content (AvgIpc) is 2.82. The van der Waals surface area contributed by atoms with Crippen molar-refractivity contribution in [1.29, 1.82) is 0 Å². The molecule has 1 aliphatic heterocycles. The number of alkyl halides is 3. The molecule has 1 aliphatic rings. The summed E-state index contributed by atoms with van der Waals surface area (Å²) in [5.74, 6) is 0. The van der Waals surface area contributed by atoms with Crippen molar-refractivity contribution < 1.29 is 35.3 Å². The Bertz CT molecular complexity index is 1510. The van der Waals surface area contributed by atoms with Gasteiger partial charge in [-0.1, -0.05) is 29.3 Å². The number of likely N-dealkylation sites (tertiary alicyclic amines) is 1. The van der Waals surface area contributed by atoms with E-state index in [1.807, 2.05) is 6.92 Å². The van der Waals surface area contributed by atoms with Crippen LogP contribution in [0.3, 0.4) is 0 Å². The van der Waals surface area contributed by atoms with Gasteiger partial charge in [-0.2, -0.15) is 21.6 Å². The van der Waals surface area contributed by atoms with Crippen LogP contribution in [0.2, 0.25) is 5.02 Å². The Hall–Kier alpha value is -3.09. The number of ether oxygens (including phenoxy) is 1. The van der Waals surface area contributed by atoms with Gasteiger partial charge < -0.3 is 15.0 Å². The smallest absolute Gasteiger partial charge is 0.433 e. The SMILES string of the molecule is Cc1ccc(S(=O)(=O)O[C@@H]2C[C@@H](Nc3cc(C(F)(F)F)nc4ccc(Cl)cc34)CN(C(=O)OC(C)(C)C)C2)cc1. The highest BCUT2D eigenvalue weighted by molar-refractivity contribution is 7.86. The summed E-state index contributed by atoms with van der Waals surface area (Å²) in [6.45, 7) is 6.79. The van der Waals surface area contributed by atoms with E-state index in [-0.39, 0.29) is 35.6 Å². The molecule has 0 unspecified atom stereocenters. The van der Waals surface area contributed by atoms with E-state index in [1.165, 1.54) is 35.2 Å². The zero-order valence-corrected chi connectivity index (χ0v) is 23.8. The van der Waals surface area contributed by atoms with Gasteiger partial charge in [-0.3, -0.25) is 4.18 Å². The summed E-state index contributed by atoms with van der Waals surface area (Å²) in [6, 6.07) is 10.6. The molecule has 0 saturated carbocycles. The molecule has 1 saturated heterocycles. The van der Waals surface area contributed by atoms with Crippen LogP contribution in [0.25, 0.3) is 10.9 Å². The van der Waals surface area contributed by atoms with Gasteiger partial charge in [0.2, 0.25) is 0 Å². The van der Waals surface area contributed by atoms with Crippen molar-refractivity contribution in [1.82, 2.24) is 9.88 Å². The standard InChI is InChI=1S/C27H29ClF3N3O5S/c1-16-5-8-20(9-6-16)40(36,37)39-19-12-18(14-34(15-19)25(35)38-26(2,3)4)32-23-13-24(27(29,30)31)33-22-10-7-17(28)11-21(22)23/h5-11,13,18-19H,12,14-15H2,1-4H3,(H,32,33)/t18-,19-/m1/s1. The number of amides is 1. The van der Waals surface area contributed by atoms with Gasteiger partial charge >= 0.3 is 12.3 Å². The van der Waals surface area contributed by atoms with Crippen LogP contribution in [0.4, 0.5) is 23.7 Å². The fourth-order valence-corrected chi connectivity index (χ4v) is 5.58. The largest absolute Gasteiger partial charge is 0.444 e. The summed E-state index contributed by atoms with van der Waals surface area (Å²) in [6.07, 6.45) is -6.37. The fourth-order valence-electron chi connectivity index (χ4n) is 4.32. The summed E-state index contributed by atoms with van der Waals surface area (Å²) in [4.78, 5) is 17.9. The molecule has 2 aromatic carbocycles. The number of piperidine rings is 1. The maximum atomic E-state index is 13.6. The molecule has 0 bridgehead atoms. The van der Waals surface area contributed by atoms with Crippen molar-refractivity contribution in [3.63, 3.8) is 0 Å². The Morgan fingerprint density at radius 1 is 1.07 bits per heavy atom. The van der Waals surface area contributed by atoms with Crippen LogP contribution < -0.4 is 5.32 Å². The summed E-state index contributed by atoms with van der Waals surface area (Å²) in [5.41, 5.74) is -0.937. The second kappa shape index (κ2) is 11.1. The molecular weight excluding hydrogens is 571 g/mol. The molecule has 1 aromatic heterocycles. The topological polar surface area (TPSA) is 97.8 Å². The Morgan fingerprint density at radius 2 is 1.75 bits per heavy atom. The third kappa shape index (κ3) is 7.35. The summed E-state index contributed by atoms with van der Waals surface area (Å²) in [7, 11) is -4.21. The lowest BCUT2D eigenvalue weighted by Gasteiger charge is -2.38. The van der Waals surface area contributed by atoms with Gasteiger partial charge in [-0.05, 0) is 70.5 Å². The third-order valence-electron chi connectivity index (χ3n) is 6.06. The molecule has 0 aliphatic carbocycles. The maximum absolute atomic E-state index is 13.6. The van der Waals surface area contributed by atoms with E-state index in [4.69, 9.17) is 20.5 Å². The number of aromatic nitrogens is 1. The monoisotopic (exact) mass is 599 g/mol. The first kappa shape index (κ1) is 29.9. The molecular formula is C27H29ClF3N3O5S. The second-order valence-corrected chi connectivity index (χ2v) is 12.7. The third-order valence-corrected chi connectivity index (χ3v) is 7.67. The van der Waals surface area contributed by atoms with Gasteiger partial charge in [0, 0.05) is 28.7 Å². The molecule has 0 spiro atoms. The molecule has 2 atom stereocenters. The molecule has 4 rings (SSSR count). The first-order chi connectivity index (χ1) is 18.5. The number of nitrogens with zero attached hydrogens (tertiary/aromatic N) is 2. The Labute approximate surface area is 235 Å². The number of rotatable bonds is 5. The predicted molar refractivity (Wildman–Crippen MR) is 145 cm³/mol. The number of nitrogens with one attached hydrogen (secondary N) is 1. The minimum atomic E-state index is -4.72. The van der Waals surface area contributed by atoms with Gasteiger partial charge in [-0.25, -0.2) is 9.78 Å². The lowest BCUT2D eigenvalue weighted by atomic mass is 10.0. The molecule has 3 aromatic rings. The molecule has 2 heterocycles. The lowest BCUT2D eigenvalue weighted by Crippen LogP contribution is -2.53. The number of carbonyl (C=O) groups excluding carboxylic acids is 1. The molecule has 40 heavy (non-hydrogen) atoms. The Morgan fingerprint density at radius 3 is 2.38 bits per heavy atom. The highest BCUT2D eigenvalue weighted by Gasteiger charge is 2.37. The van der Waals surface area contributed by atoms with Crippen LogP contribution in [-0.4, -0.2) is 55.2 Å². The zero-order chi connectivity index (χ0) is 29.5. The summed E-state index contributed by atoms with van der Waals surface area (Å²) in [5, 5.41) is 3.68. The van der Waals surface area contributed by atoms with E-state index in [9.17, 15) is 26.4 Å². The van der Waals surface area contributed by atoms with Crippen molar-refractivity contribution >= 4 is 44.4 Å². The first-order valence-electron chi connectivity index (χ1n) is 12.4. The number of halogens is 4. The number of hydrogen-bond donors (Lipinski definition) is 1. The molecule has 216 valence electrons. The van der Waals surface area contributed by atoms with Crippen LogP contribution >= 0.6 is 11.6 Å². The molecule has 1 N–H and O–H groups in total. The molecule has 13 heteroatoms. The number of aryl methyl sites for hydroxylation is 1. The number of hydrogen-bond acceptors (Lipinski definition) is 7. The number of anilines is 1. The van der Waals surface area contributed by atoms with E-state index in [2.05, 4.69) is 10.3 Å². The average molecular weight is 600 g/mol. The van der Waals surface area contributed by atoms with E-state index < -0.39 is 45.8 Å². The Kier molecular flexibility index (Phi) is 8.26. The van der Waals surface area contributed by atoms with Crippen molar-refractivity contribution in [2.75, 3.05) is 18.4 Å².